The lowest BCUT2D eigenvalue weighted by Crippen LogP contribution is -2.11. The zero-order chi connectivity index (χ0) is 15.8. The number of hydrogen-bond acceptors (Lipinski definition) is 4. The predicted molar refractivity (Wildman–Crippen MR) is 87.5 cm³/mol. The number of nitrogens with one attached hydrogen (secondary N) is 1. The van der Waals surface area contributed by atoms with Crippen molar-refractivity contribution < 1.29 is 0 Å². The van der Waals surface area contributed by atoms with E-state index in [1.807, 2.05) is 49.6 Å². The average molecular weight is 303 g/mol. The molecule has 0 aliphatic carbocycles. The molecule has 0 atom stereocenters. The van der Waals surface area contributed by atoms with E-state index < -0.39 is 0 Å². The van der Waals surface area contributed by atoms with Gasteiger partial charge < -0.3 is 0 Å². The number of benzene rings is 1. The topological polar surface area (TPSA) is 76.5 Å². The van der Waals surface area contributed by atoms with Crippen molar-refractivity contribution in [3.05, 3.63) is 71.0 Å². The van der Waals surface area contributed by atoms with E-state index in [1.54, 1.807) is 17.0 Å². The molecule has 0 aliphatic heterocycles. The van der Waals surface area contributed by atoms with E-state index in [1.165, 1.54) is 0 Å². The van der Waals surface area contributed by atoms with E-state index in [0.717, 1.165) is 22.3 Å². The lowest BCUT2D eigenvalue weighted by molar-refractivity contribution is 0.912. The van der Waals surface area contributed by atoms with Crippen LogP contribution >= 0.6 is 0 Å². The number of aromatic amines is 1. The number of aromatic nitrogens is 5. The van der Waals surface area contributed by atoms with E-state index in [-0.39, 0.29) is 5.56 Å². The van der Waals surface area contributed by atoms with Crippen LogP contribution in [0, 0.1) is 6.92 Å². The van der Waals surface area contributed by atoms with Gasteiger partial charge in [-0.25, -0.2) is 10.1 Å². The minimum Gasteiger partial charge on any atom is -0.288 e. The summed E-state index contributed by atoms with van der Waals surface area (Å²) in [5, 5.41) is 8.06. The Hall–Kier alpha value is -3.28. The molecular formula is C17H13N5O. The van der Waals surface area contributed by atoms with Crippen molar-refractivity contribution in [3.63, 3.8) is 0 Å². The number of rotatable bonds is 2. The summed E-state index contributed by atoms with van der Waals surface area (Å²) in [5.41, 5.74) is 2.44. The van der Waals surface area contributed by atoms with Crippen molar-refractivity contribution in [3.8, 4) is 17.2 Å². The van der Waals surface area contributed by atoms with Gasteiger partial charge in [0.25, 0.3) is 5.56 Å². The molecule has 0 unspecified atom stereocenters. The van der Waals surface area contributed by atoms with Crippen LogP contribution in [0.25, 0.3) is 28.0 Å². The van der Waals surface area contributed by atoms with E-state index in [2.05, 4.69) is 20.2 Å². The molecule has 1 N–H and O–H groups in total. The van der Waals surface area contributed by atoms with Crippen molar-refractivity contribution in [1.29, 1.82) is 0 Å². The Bertz CT molecular complexity index is 1050. The third kappa shape index (κ3) is 2.30. The molecule has 112 valence electrons. The molecule has 0 saturated heterocycles. The van der Waals surface area contributed by atoms with Crippen molar-refractivity contribution in [2.24, 2.45) is 0 Å². The summed E-state index contributed by atoms with van der Waals surface area (Å²) >= 11 is 0. The van der Waals surface area contributed by atoms with Crippen molar-refractivity contribution >= 4 is 10.8 Å². The Balaban J connectivity index is 1.85. The number of pyridine rings is 1. The fourth-order valence-electron chi connectivity index (χ4n) is 2.49. The fourth-order valence-corrected chi connectivity index (χ4v) is 2.49. The van der Waals surface area contributed by atoms with Crippen LogP contribution in [0.1, 0.15) is 5.56 Å². The Morgan fingerprint density at radius 3 is 2.61 bits per heavy atom. The van der Waals surface area contributed by atoms with Crippen LogP contribution in [-0.2, 0) is 0 Å². The van der Waals surface area contributed by atoms with Crippen LogP contribution in [0.4, 0.5) is 0 Å². The van der Waals surface area contributed by atoms with E-state index in [4.69, 9.17) is 0 Å². The number of fused-ring (bicyclic) bond motifs is 1. The normalized spacial score (nSPS) is 11.0. The monoisotopic (exact) mass is 303 g/mol. The van der Waals surface area contributed by atoms with Crippen molar-refractivity contribution in [1.82, 2.24) is 24.7 Å². The largest absolute Gasteiger partial charge is 0.288 e. The molecule has 0 saturated carbocycles. The lowest BCUT2D eigenvalue weighted by Gasteiger charge is -2.04. The maximum absolute atomic E-state index is 11.9. The molecule has 3 heterocycles. The minimum absolute atomic E-state index is 0.204. The van der Waals surface area contributed by atoms with Gasteiger partial charge in [-0.05, 0) is 24.6 Å². The van der Waals surface area contributed by atoms with Gasteiger partial charge in [0.15, 0.2) is 5.82 Å². The summed E-state index contributed by atoms with van der Waals surface area (Å²) in [6.45, 7) is 1.99. The summed E-state index contributed by atoms with van der Waals surface area (Å²) in [6.07, 6.45) is 5.33. The lowest BCUT2D eigenvalue weighted by atomic mass is 10.2. The molecular weight excluding hydrogens is 290 g/mol. The summed E-state index contributed by atoms with van der Waals surface area (Å²) in [4.78, 5) is 20.6. The fraction of sp³-hybridized carbons (Fsp3) is 0.0588. The summed E-state index contributed by atoms with van der Waals surface area (Å²) in [7, 11) is 0. The number of aryl methyl sites for hydroxylation is 1. The molecule has 0 spiro atoms. The maximum atomic E-state index is 11.9. The van der Waals surface area contributed by atoms with Crippen LogP contribution in [0.5, 0.6) is 0 Å². The Morgan fingerprint density at radius 2 is 1.83 bits per heavy atom. The van der Waals surface area contributed by atoms with E-state index in [9.17, 15) is 4.79 Å². The van der Waals surface area contributed by atoms with Gasteiger partial charge in [-0.2, -0.15) is 5.10 Å². The van der Waals surface area contributed by atoms with Gasteiger partial charge in [0, 0.05) is 17.8 Å². The van der Waals surface area contributed by atoms with Crippen LogP contribution in [0.15, 0.2) is 59.9 Å². The number of hydrogen-bond donors (Lipinski definition) is 1. The quantitative estimate of drug-likeness (QED) is 0.617. The molecule has 0 amide bonds. The summed E-state index contributed by atoms with van der Waals surface area (Å²) in [6, 6.07) is 11.3. The second kappa shape index (κ2) is 5.17. The first-order valence-electron chi connectivity index (χ1n) is 7.17. The zero-order valence-corrected chi connectivity index (χ0v) is 12.4. The standard InChI is InChI=1S/C17H13N5O/c1-11-6-7-14(18-8-11)15-9-22(10-19-15)16-12-4-2-3-5-13(12)17(23)21-20-16/h2-10H,1H3,(H,21,23). The van der Waals surface area contributed by atoms with E-state index in [0.29, 0.717) is 11.2 Å². The molecule has 23 heavy (non-hydrogen) atoms. The first kappa shape index (κ1) is 13.4. The van der Waals surface area contributed by atoms with Gasteiger partial charge in [0.2, 0.25) is 0 Å². The number of H-pyrrole nitrogens is 1. The van der Waals surface area contributed by atoms with Gasteiger partial charge >= 0.3 is 0 Å². The highest BCUT2D eigenvalue weighted by Gasteiger charge is 2.10. The maximum Gasteiger partial charge on any atom is 0.272 e. The molecule has 6 nitrogen and oxygen atoms in total. The molecule has 1 aromatic carbocycles. The van der Waals surface area contributed by atoms with Crippen molar-refractivity contribution in [2.75, 3.05) is 0 Å². The second-order valence-electron chi connectivity index (χ2n) is 5.31. The minimum atomic E-state index is -0.204. The molecule has 0 fully saturated rings. The van der Waals surface area contributed by atoms with Gasteiger partial charge in [-0.1, -0.05) is 24.3 Å². The Kier molecular flexibility index (Phi) is 3.01. The highest BCUT2D eigenvalue weighted by molar-refractivity contribution is 5.87. The Labute approximate surface area is 131 Å². The molecule has 0 bridgehead atoms. The van der Waals surface area contributed by atoms with Crippen LogP contribution in [0.3, 0.4) is 0 Å². The van der Waals surface area contributed by atoms with Crippen LogP contribution in [0.2, 0.25) is 0 Å². The van der Waals surface area contributed by atoms with Crippen LogP contribution < -0.4 is 5.56 Å². The first-order valence-corrected chi connectivity index (χ1v) is 7.17. The average Bonchev–Trinajstić information content (AvgIpc) is 3.06. The highest BCUT2D eigenvalue weighted by atomic mass is 16.1. The third-order valence-corrected chi connectivity index (χ3v) is 3.68. The highest BCUT2D eigenvalue weighted by Crippen LogP contribution is 2.20. The third-order valence-electron chi connectivity index (χ3n) is 3.68. The number of imidazole rings is 1. The molecule has 3 aromatic heterocycles. The smallest absolute Gasteiger partial charge is 0.272 e. The summed E-state index contributed by atoms with van der Waals surface area (Å²) in [5.74, 6) is 0.631. The molecule has 0 aliphatic rings. The predicted octanol–water partition coefficient (Wildman–Crippen LogP) is 2.48. The second-order valence-corrected chi connectivity index (χ2v) is 5.31. The van der Waals surface area contributed by atoms with Crippen LogP contribution in [-0.4, -0.2) is 24.7 Å². The Morgan fingerprint density at radius 1 is 1.00 bits per heavy atom. The van der Waals surface area contributed by atoms with Gasteiger partial charge in [0.1, 0.15) is 12.0 Å². The molecule has 4 rings (SSSR count). The van der Waals surface area contributed by atoms with E-state index >= 15 is 0 Å². The zero-order valence-electron chi connectivity index (χ0n) is 12.4. The molecule has 0 radical (unpaired) electrons. The van der Waals surface area contributed by atoms with Gasteiger partial charge in [0.05, 0.1) is 11.1 Å². The first-order chi connectivity index (χ1) is 11.2. The number of nitrogens with zero attached hydrogens (tertiary/aromatic N) is 4. The summed E-state index contributed by atoms with van der Waals surface area (Å²) < 4.78 is 1.79. The molecule has 4 aromatic rings. The van der Waals surface area contributed by atoms with Gasteiger partial charge in [-0.3, -0.25) is 14.3 Å². The SMILES string of the molecule is Cc1ccc(-c2cn(-c3n[nH]c(=O)c4ccccc34)cn2)nc1. The van der Waals surface area contributed by atoms with Crippen molar-refractivity contribution in [2.45, 2.75) is 6.92 Å². The van der Waals surface area contributed by atoms with Gasteiger partial charge in [-0.15, -0.1) is 0 Å². The molecule has 6 heteroatoms.